The van der Waals surface area contributed by atoms with E-state index in [2.05, 4.69) is 15.5 Å². The van der Waals surface area contributed by atoms with Gasteiger partial charge >= 0.3 is 0 Å². The Morgan fingerprint density at radius 1 is 1.39 bits per heavy atom. The van der Waals surface area contributed by atoms with Gasteiger partial charge in [-0.3, -0.25) is 9.00 Å². The average molecular weight is 343 g/mol. The van der Waals surface area contributed by atoms with Crippen LogP contribution in [0.4, 0.5) is 14.5 Å². The molecule has 1 aromatic heterocycles. The van der Waals surface area contributed by atoms with Gasteiger partial charge in [0.1, 0.15) is 28.3 Å². The second-order valence-electron chi connectivity index (χ2n) is 4.71. The Kier molecular flexibility index (Phi) is 5.54. The van der Waals surface area contributed by atoms with Crippen molar-refractivity contribution in [1.29, 1.82) is 0 Å². The summed E-state index contributed by atoms with van der Waals surface area (Å²) in [4.78, 5) is 16.0. The summed E-state index contributed by atoms with van der Waals surface area (Å²) in [5, 5.41) is 4.77. The summed E-state index contributed by atoms with van der Waals surface area (Å²) >= 11 is 0. The monoisotopic (exact) mass is 343 g/mol. The zero-order chi connectivity index (χ0) is 17.0. The third kappa shape index (κ3) is 4.19. The Hall–Kier alpha value is -2.16. The molecule has 2 aromatic rings. The van der Waals surface area contributed by atoms with Gasteiger partial charge in [0.05, 0.1) is 0 Å². The van der Waals surface area contributed by atoms with E-state index in [0.717, 1.165) is 12.1 Å². The fourth-order valence-electron chi connectivity index (χ4n) is 1.70. The highest BCUT2D eigenvalue weighted by Crippen LogP contribution is 2.19. The molecule has 1 N–H and O–H groups in total. The van der Waals surface area contributed by atoms with E-state index in [1.165, 1.54) is 13.0 Å². The van der Waals surface area contributed by atoms with Crippen LogP contribution < -0.4 is 5.32 Å². The van der Waals surface area contributed by atoms with E-state index in [4.69, 9.17) is 4.52 Å². The zero-order valence-corrected chi connectivity index (χ0v) is 13.3. The van der Waals surface area contributed by atoms with E-state index in [9.17, 15) is 17.8 Å². The van der Waals surface area contributed by atoms with Gasteiger partial charge in [0.25, 0.3) is 0 Å². The van der Waals surface area contributed by atoms with Crippen molar-refractivity contribution in [2.45, 2.75) is 31.3 Å². The van der Waals surface area contributed by atoms with Crippen LogP contribution in [-0.4, -0.2) is 25.5 Å². The van der Waals surface area contributed by atoms with Gasteiger partial charge in [-0.15, -0.1) is 0 Å². The summed E-state index contributed by atoms with van der Waals surface area (Å²) in [6.07, 6.45) is 0.568. The third-order valence-corrected chi connectivity index (χ3v) is 4.60. The van der Waals surface area contributed by atoms with Crippen molar-refractivity contribution < 1.29 is 22.3 Å². The van der Waals surface area contributed by atoms with Crippen LogP contribution >= 0.6 is 0 Å². The molecule has 0 bridgehead atoms. The highest BCUT2D eigenvalue weighted by atomic mass is 32.2. The highest BCUT2D eigenvalue weighted by Gasteiger charge is 2.24. The molecular formula is C14H15F2N3O3S. The normalized spacial score (nSPS) is 13.6. The number of carbonyl (C=O) groups is 1. The smallest absolute Gasteiger partial charge is 0.240 e. The molecule has 0 saturated heterocycles. The summed E-state index contributed by atoms with van der Waals surface area (Å²) in [6, 6.07) is 3.22. The summed E-state index contributed by atoms with van der Waals surface area (Å²) in [6.45, 7) is 3.23. The molecule has 9 heteroatoms. The minimum atomic E-state index is -1.67. The number of para-hydroxylation sites is 1. The second kappa shape index (κ2) is 7.40. The first kappa shape index (κ1) is 17.2. The fraction of sp³-hybridized carbons (Fsp3) is 0.357. The molecular weight excluding hydrogens is 328 g/mol. The average Bonchev–Trinajstić information content (AvgIpc) is 2.97. The Morgan fingerprint density at radius 2 is 2.04 bits per heavy atom. The molecule has 0 aliphatic heterocycles. The number of aromatic nitrogens is 2. The number of benzene rings is 1. The first-order valence-electron chi connectivity index (χ1n) is 6.85. The van der Waals surface area contributed by atoms with Gasteiger partial charge in [-0.05, 0) is 19.1 Å². The number of nitrogens with one attached hydrogen (secondary N) is 1. The Balaban J connectivity index is 2.02. The first-order chi connectivity index (χ1) is 10.9. The van der Waals surface area contributed by atoms with Crippen LogP contribution in [-0.2, 0) is 27.8 Å². The van der Waals surface area contributed by atoms with E-state index in [-0.39, 0.29) is 11.6 Å². The lowest BCUT2D eigenvalue weighted by Gasteiger charge is -2.12. The number of hydrogen-bond donors (Lipinski definition) is 1. The predicted octanol–water partition coefficient (Wildman–Crippen LogP) is 2.19. The Labute approximate surface area is 133 Å². The molecule has 0 spiro atoms. The van der Waals surface area contributed by atoms with Crippen LogP contribution in [0.1, 0.15) is 25.6 Å². The number of rotatable bonds is 6. The lowest BCUT2D eigenvalue weighted by molar-refractivity contribution is -0.115. The van der Waals surface area contributed by atoms with Gasteiger partial charge in [0.2, 0.25) is 11.8 Å². The van der Waals surface area contributed by atoms with Gasteiger partial charge in [-0.2, -0.15) is 4.98 Å². The van der Waals surface area contributed by atoms with Crippen LogP contribution in [0, 0.1) is 11.6 Å². The minimum absolute atomic E-state index is 0.110. The number of carbonyl (C=O) groups excluding carboxylic acids is 1. The molecule has 23 heavy (non-hydrogen) atoms. The molecule has 1 heterocycles. The molecule has 1 aromatic carbocycles. The molecule has 0 saturated carbocycles. The van der Waals surface area contributed by atoms with E-state index >= 15 is 0 Å². The predicted molar refractivity (Wildman–Crippen MR) is 80.0 cm³/mol. The summed E-state index contributed by atoms with van der Waals surface area (Å²) in [7, 11) is -1.67. The van der Waals surface area contributed by atoms with Gasteiger partial charge < -0.3 is 9.84 Å². The molecule has 124 valence electrons. The van der Waals surface area contributed by atoms with Crippen LogP contribution in [0.2, 0.25) is 0 Å². The maximum atomic E-state index is 13.5. The SMILES string of the molecule is CCc1noc(CS(=O)C(C)C(=O)Nc2c(F)cccc2F)n1. The van der Waals surface area contributed by atoms with Gasteiger partial charge in [-0.1, -0.05) is 18.1 Å². The topological polar surface area (TPSA) is 85.1 Å². The lowest BCUT2D eigenvalue weighted by Crippen LogP contribution is -2.30. The summed E-state index contributed by atoms with van der Waals surface area (Å²) in [5.41, 5.74) is -0.563. The third-order valence-electron chi connectivity index (χ3n) is 3.07. The van der Waals surface area contributed by atoms with Gasteiger partial charge in [0, 0.05) is 17.2 Å². The maximum Gasteiger partial charge on any atom is 0.240 e. The largest absolute Gasteiger partial charge is 0.338 e. The lowest BCUT2D eigenvalue weighted by atomic mass is 10.3. The van der Waals surface area contributed by atoms with Crippen LogP contribution in [0.5, 0.6) is 0 Å². The van der Waals surface area contributed by atoms with Crippen molar-refractivity contribution in [1.82, 2.24) is 10.1 Å². The molecule has 2 rings (SSSR count). The highest BCUT2D eigenvalue weighted by molar-refractivity contribution is 7.85. The maximum absolute atomic E-state index is 13.5. The quantitative estimate of drug-likeness (QED) is 0.869. The van der Waals surface area contributed by atoms with E-state index in [0.29, 0.717) is 12.2 Å². The van der Waals surface area contributed by atoms with Crippen LogP contribution in [0.15, 0.2) is 22.7 Å². The molecule has 2 unspecified atom stereocenters. The number of nitrogens with zero attached hydrogens (tertiary/aromatic N) is 2. The van der Waals surface area contributed by atoms with Crippen molar-refractivity contribution in [2.24, 2.45) is 0 Å². The van der Waals surface area contributed by atoms with Gasteiger partial charge in [-0.25, -0.2) is 8.78 Å². The van der Waals surface area contributed by atoms with Crippen molar-refractivity contribution >= 4 is 22.4 Å². The molecule has 0 fully saturated rings. The van der Waals surface area contributed by atoms with E-state index < -0.39 is 39.3 Å². The van der Waals surface area contributed by atoms with Crippen molar-refractivity contribution in [3.8, 4) is 0 Å². The Bertz CT molecular complexity index is 716. The van der Waals surface area contributed by atoms with Crippen molar-refractivity contribution in [2.75, 3.05) is 5.32 Å². The van der Waals surface area contributed by atoms with E-state index in [1.54, 1.807) is 0 Å². The minimum Gasteiger partial charge on any atom is -0.338 e. The summed E-state index contributed by atoms with van der Waals surface area (Å²) < 4.78 is 44.1. The van der Waals surface area contributed by atoms with E-state index in [1.807, 2.05) is 6.92 Å². The number of amides is 1. The number of halogens is 2. The molecule has 1 amide bonds. The number of anilines is 1. The summed E-state index contributed by atoms with van der Waals surface area (Å²) in [5.74, 6) is -2.05. The fourth-order valence-corrected chi connectivity index (χ4v) is 2.61. The standard InChI is InChI=1S/C14H15F2N3O3S/c1-3-11-17-12(22-19-11)7-23(21)8(2)14(20)18-13-9(15)5-4-6-10(13)16/h4-6,8H,3,7H2,1-2H3,(H,18,20). The first-order valence-corrected chi connectivity index (χ1v) is 8.24. The van der Waals surface area contributed by atoms with Crippen molar-refractivity contribution in [3.63, 3.8) is 0 Å². The second-order valence-corrected chi connectivity index (χ2v) is 6.47. The van der Waals surface area contributed by atoms with Crippen molar-refractivity contribution in [3.05, 3.63) is 41.5 Å². The van der Waals surface area contributed by atoms with Crippen LogP contribution in [0.3, 0.4) is 0 Å². The number of hydrogen-bond acceptors (Lipinski definition) is 5. The molecule has 0 aliphatic carbocycles. The zero-order valence-electron chi connectivity index (χ0n) is 12.5. The molecule has 6 nitrogen and oxygen atoms in total. The Morgan fingerprint density at radius 3 is 2.61 bits per heavy atom. The van der Waals surface area contributed by atoms with Gasteiger partial charge in [0.15, 0.2) is 5.82 Å². The molecule has 0 aliphatic rings. The number of aryl methyl sites for hydroxylation is 1. The molecule has 0 radical (unpaired) electrons. The molecule has 2 atom stereocenters. The van der Waals surface area contributed by atoms with Crippen LogP contribution in [0.25, 0.3) is 0 Å².